The SMILES string of the molecule is NCCCCN(OC(=O)C(F)(F)F)C(=O)CNc1cccc2c1CN(C1CCC(=O)NC1=O)C2=O. The van der Waals surface area contributed by atoms with Crippen molar-refractivity contribution in [3.05, 3.63) is 29.3 Å². The minimum absolute atomic E-state index is 0.0289. The lowest BCUT2D eigenvalue weighted by Crippen LogP contribution is -2.52. The molecule has 4 N–H and O–H groups in total. The van der Waals surface area contributed by atoms with Crippen LogP contribution >= 0.6 is 0 Å². The molecule has 0 bridgehead atoms. The fourth-order valence-electron chi connectivity index (χ4n) is 3.78. The number of imide groups is 1. The molecule has 1 aromatic rings. The van der Waals surface area contributed by atoms with Crippen molar-refractivity contribution in [1.29, 1.82) is 0 Å². The number of unbranched alkanes of at least 4 members (excludes halogenated alkanes) is 1. The highest BCUT2D eigenvalue weighted by Crippen LogP contribution is 2.32. The van der Waals surface area contributed by atoms with E-state index in [1.165, 1.54) is 4.90 Å². The van der Waals surface area contributed by atoms with Crippen molar-refractivity contribution in [2.24, 2.45) is 5.73 Å². The minimum atomic E-state index is -5.28. The van der Waals surface area contributed by atoms with Crippen molar-refractivity contribution in [3.63, 3.8) is 0 Å². The Bertz CT molecular complexity index is 1030. The van der Waals surface area contributed by atoms with Crippen LogP contribution in [-0.4, -0.2) is 71.4 Å². The lowest BCUT2D eigenvalue weighted by atomic mass is 10.0. The highest BCUT2D eigenvalue weighted by molar-refractivity contribution is 6.06. The van der Waals surface area contributed by atoms with Gasteiger partial charge >= 0.3 is 12.1 Å². The maximum atomic E-state index is 12.9. The first-order valence-electron chi connectivity index (χ1n) is 10.8. The lowest BCUT2D eigenvalue weighted by molar-refractivity contribution is -0.236. The van der Waals surface area contributed by atoms with Gasteiger partial charge in [-0.2, -0.15) is 18.2 Å². The summed E-state index contributed by atoms with van der Waals surface area (Å²) < 4.78 is 37.8. The predicted molar refractivity (Wildman–Crippen MR) is 113 cm³/mol. The molecule has 3 rings (SSSR count). The summed E-state index contributed by atoms with van der Waals surface area (Å²) in [6.45, 7) is -0.548. The standard InChI is InChI=1S/C21H24F3N5O6/c22-21(23,24)20(34)35-29(9-2-1-8-25)17(31)10-26-14-5-3-4-12-13(14)11-28(19(12)33)15-6-7-16(30)27-18(15)32/h3-5,15,26H,1-2,6-11,25H2,(H,27,30,32). The van der Waals surface area contributed by atoms with E-state index in [0.717, 1.165) is 0 Å². The number of carbonyl (C=O) groups is 5. The minimum Gasteiger partial charge on any atom is -0.376 e. The van der Waals surface area contributed by atoms with Crippen molar-refractivity contribution in [2.75, 3.05) is 25.0 Å². The van der Waals surface area contributed by atoms with Crippen molar-refractivity contribution in [1.82, 2.24) is 15.3 Å². The Balaban J connectivity index is 1.70. The Kier molecular flexibility index (Phi) is 7.94. The summed E-state index contributed by atoms with van der Waals surface area (Å²) in [6, 6.07) is 3.82. The van der Waals surface area contributed by atoms with Gasteiger partial charge in [0, 0.05) is 29.8 Å². The molecular formula is C21H24F3N5O6. The zero-order valence-corrected chi connectivity index (χ0v) is 18.5. The number of amides is 4. The molecule has 2 heterocycles. The zero-order valence-electron chi connectivity index (χ0n) is 18.5. The Hall–Kier alpha value is -3.68. The number of fused-ring (bicyclic) bond motifs is 1. The number of piperidine rings is 1. The number of benzene rings is 1. The number of carbonyl (C=O) groups excluding carboxylic acids is 5. The molecule has 0 aromatic heterocycles. The van der Waals surface area contributed by atoms with E-state index in [4.69, 9.17) is 5.73 Å². The van der Waals surface area contributed by atoms with Crippen LogP contribution in [0.25, 0.3) is 0 Å². The normalized spacial score (nSPS) is 17.7. The number of nitrogens with two attached hydrogens (primary N) is 1. The number of hydrogen-bond acceptors (Lipinski definition) is 8. The van der Waals surface area contributed by atoms with Crippen LogP contribution in [-0.2, 0) is 30.6 Å². The van der Waals surface area contributed by atoms with E-state index in [-0.39, 0.29) is 44.5 Å². The van der Waals surface area contributed by atoms with Gasteiger partial charge in [0.1, 0.15) is 6.04 Å². The number of hydrogen-bond donors (Lipinski definition) is 3. The van der Waals surface area contributed by atoms with E-state index >= 15 is 0 Å². The maximum absolute atomic E-state index is 12.9. The topological polar surface area (TPSA) is 151 Å². The quantitative estimate of drug-likeness (QED) is 0.265. The monoisotopic (exact) mass is 499 g/mol. The Morgan fingerprint density at radius 1 is 1.23 bits per heavy atom. The Labute approximate surface area is 197 Å². The molecule has 35 heavy (non-hydrogen) atoms. The van der Waals surface area contributed by atoms with E-state index in [0.29, 0.717) is 22.7 Å². The second-order valence-electron chi connectivity index (χ2n) is 7.95. The van der Waals surface area contributed by atoms with Gasteiger partial charge in [0.15, 0.2) is 0 Å². The molecule has 2 aliphatic rings. The van der Waals surface area contributed by atoms with Crippen LogP contribution in [0.15, 0.2) is 18.2 Å². The third-order valence-corrected chi connectivity index (χ3v) is 5.53. The predicted octanol–water partition coefficient (Wildman–Crippen LogP) is 0.447. The van der Waals surface area contributed by atoms with E-state index in [1.54, 1.807) is 18.2 Å². The van der Waals surface area contributed by atoms with Gasteiger partial charge in [-0.25, -0.2) is 4.79 Å². The molecule has 190 valence electrons. The zero-order chi connectivity index (χ0) is 25.8. The molecule has 0 aliphatic carbocycles. The molecule has 4 amide bonds. The van der Waals surface area contributed by atoms with Gasteiger partial charge < -0.3 is 20.8 Å². The van der Waals surface area contributed by atoms with Crippen molar-refractivity contribution >= 4 is 35.3 Å². The fourth-order valence-corrected chi connectivity index (χ4v) is 3.78. The number of nitrogens with one attached hydrogen (secondary N) is 2. The Morgan fingerprint density at radius 2 is 1.97 bits per heavy atom. The molecule has 1 atom stereocenters. The van der Waals surface area contributed by atoms with E-state index in [2.05, 4.69) is 15.5 Å². The van der Waals surface area contributed by atoms with E-state index in [1.807, 2.05) is 0 Å². The van der Waals surface area contributed by atoms with Crippen molar-refractivity contribution in [2.45, 2.75) is 44.4 Å². The number of halogens is 3. The van der Waals surface area contributed by atoms with Crippen LogP contribution in [0, 0.1) is 0 Å². The van der Waals surface area contributed by atoms with Gasteiger partial charge in [-0.1, -0.05) is 6.07 Å². The summed E-state index contributed by atoms with van der Waals surface area (Å²) in [5.74, 6) is -4.88. The summed E-state index contributed by atoms with van der Waals surface area (Å²) in [7, 11) is 0. The van der Waals surface area contributed by atoms with Crippen molar-refractivity contribution in [3.8, 4) is 0 Å². The first-order valence-corrected chi connectivity index (χ1v) is 10.8. The summed E-state index contributed by atoms with van der Waals surface area (Å²) in [4.78, 5) is 65.8. The van der Waals surface area contributed by atoms with Crippen LogP contribution in [0.1, 0.15) is 41.6 Å². The van der Waals surface area contributed by atoms with Crippen molar-refractivity contribution < 1.29 is 42.0 Å². The highest BCUT2D eigenvalue weighted by atomic mass is 19.4. The van der Waals surface area contributed by atoms with Crippen LogP contribution in [0.4, 0.5) is 18.9 Å². The molecule has 11 nitrogen and oxygen atoms in total. The summed E-state index contributed by atoms with van der Waals surface area (Å²) >= 11 is 0. The van der Waals surface area contributed by atoms with Crippen LogP contribution < -0.4 is 16.4 Å². The number of rotatable bonds is 8. The van der Waals surface area contributed by atoms with Gasteiger partial charge in [0.05, 0.1) is 13.1 Å². The lowest BCUT2D eigenvalue weighted by Gasteiger charge is -2.29. The first kappa shape index (κ1) is 25.9. The van der Waals surface area contributed by atoms with E-state index in [9.17, 15) is 37.1 Å². The molecule has 2 aliphatic heterocycles. The molecule has 1 saturated heterocycles. The second kappa shape index (κ2) is 10.7. The average Bonchev–Trinajstić information content (AvgIpc) is 3.13. The van der Waals surface area contributed by atoms with Gasteiger partial charge in [0.2, 0.25) is 11.8 Å². The first-order chi connectivity index (χ1) is 16.5. The maximum Gasteiger partial charge on any atom is 0.493 e. The van der Waals surface area contributed by atoms with Gasteiger partial charge in [-0.15, -0.1) is 0 Å². The largest absolute Gasteiger partial charge is 0.493 e. The molecular weight excluding hydrogens is 475 g/mol. The van der Waals surface area contributed by atoms with Crippen LogP contribution in [0.5, 0.6) is 0 Å². The van der Waals surface area contributed by atoms with Crippen LogP contribution in [0.2, 0.25) is 0 Å². The van der Waals surface area contributed by atoms with E-state index < -0.39 is 48.4 Å². The molecule has 0 spiro atoms. The van der Waals surface area contributed by atoms with Crippen LogP contribution in [0.3, 0.4) is 0 Å². The summed E-state index contributed by atoms with van der Waals surface area (Å²) in [5, 5.41) is 5.30. The summed E-state index contributed by atoms with van der Waals surface area (Å²) in [6.07, 6.45) is -4.41. The molecule has 1 fully saturated rings. The molecule has 1 aromatic carbocycles. The van der Waals surface area contributed by atoms with Gasteiger partial charge in [-0.05, 0) is 37.9 Å². The number of anilines is 1. The van der Waals surface area contributed by atoms with Gasteiger partial charge in [-0.3, -0.25) is 24.5 Å². The smallest absolute Gasteiger partial charge is 0.376 e. The molecule has 0 saturated carbocycles. The highest BCUT2D eigenvalue weighted by Gasteiger charge is 2.43. The third-order valence-electron chi connectivity index (χ3n) is 5.53. The number of nitrogens with zero attached hydrogens (tertiary/aromatic N) is 2. The second-order valence-corrected chi connectivity index (χ2v) is 7.95. The molecule has 1 unspecified atom stereocenters. The number of alkyl halides is 3. The molecule has 0 radical (unpaired) electrons. The van der Waals surface area contributed by atoms with Gasteiger partial charge in [0.25, 0.3) is 11.8 Å². The Morgan fingerprint density at radius 3 is 2.63 bits per heavy atom. The summed E-state index contributed by atoms with van der Waals surface area (Å²) in [5.41, 5.74) is 6.48. The number of hydroxylamine groups is 2. The third kappa shape index (κ3) is 6.07. The fraction of sp³-hybridized carbons (Fsp3) is 0.476. The average molecular weight is 499 g/mol. The molecule has 14 heteroatoms.